The van der Waals surface area contributed by atoms with Crippen LogP contribution >= 0.6 is 0 Å². The van der Waals surface area contributed by atoms with Gasteiger partial charge in [-0.15, -0.1) is 0 Å². The molecular weight excluding hydrogens is 867 g/mol. The highest BCUT2D eigenvalue weighted by Crippen LogP contribution is 2.14. The number of ether oxygens (including phenoxy) is 6. The van der Waals surface area contributed by atoms with Crippen molar-refractivity contribution in [2.24, 2.45) is 0 Å². The van der Waals surface area contributed by atoms with Crippen LogP contribution < -0.4 is 24.8 Å². The zero-order valence-corrected chi connectivity index (χ0v) is 42.5. The maximum Gasteiger partial charge on any atom is 0.361 e. The molecule has 64 heavy (non-hydrogen) atoms. The number of carbonyl (C=O) groups excluding carboxylic acids is 6. The summed E-state index contributed by atoms with van der Waals surface area (Å²) >= 11 is 0. The molecule has 0 radical (unpaired) electrons. The van der Waals surface area contributed by atoms with Gasteiger partial charge in [0.1, 0.15) is 26.3 Å². The lowest BCUT2D eigenvalue weighted by Gasteiger charge is -2.28. The predicted octanol–water partition coefficient (Wildman–Crippen LogP) is 2.59. The molecular formula is C48H90Cl2N2O12. The third-order valence-corrected chi connectivity index (χ3v) is 10.8. The highest BCUT2D eigenvalue weighted by atomic mass is 35.5. The van der Waals surface area contributed by atoms with Crippen LogP contribution in [-0.4, -0.2) is 139 Å². The highest BCUT2D eigenvalue weighted by Gasteiger charge is 2.22. The molecule has 0 aromatic carbocycles. The zero-order valence-electron chi connectivity index (χ0n) is 41.0. The summed E-state index contributed by atoms with van der Waals surface area (Å²) in [5, 5.41) is 0. The van der Waals surface area contributed by atoms with Gasteiger partial charge in [0, 0.05) is 26.7 Å². The van der Waals surface area contributed by atoms with Crippen molar-refractivity contribution >= 4 is 35.8 Å². The fourth-order valence-corrected chi connectivity index (χ4v) is 6.84. The normalized spacial score (nSPS) is 11.2. The molecule has 0 N–H and O–H groups in total. The van der Waals surface area contributed by atoms with Crippen LogP contribution in [0, 0.1) is 0 Å². The molecule has 0 fully saturated rings. The number of hydrogen-bond donors (Lipinski definition) is 0. The summed E-state index contributed by atoms with van der Waals surface area (Å²) in [7, 11) is 7.66. The summed E-state index contributed by atoms with van der Waals surface area (Å²) in [4.78, 5) is 70.1. The minimum Gasteiger partial charge on any atom is -1.00 e. The molecule has 0 aliphatic carbocycles. The van der Waals surface area contributed by atoms with E-state index in [1.165, 1.54) is 26.7 Å². The lowest BCUT2D eigenvalue weighted by molar-refractivity contribution is -0.883. The number of carbonyl (C=O) groups is 6. The molecule has 0 amide bonds. The fraction of sp³-hybridized carbons (Fsp3) is 0.875. The maximum absolute atomic E-state index is 12.1. The van der Waals surface area contributed by atoms with Crippen molar-refractivity contribution in [3.05, 3.63) is 0 Å². The topological polar surface area (TPSA) is 158 Å². The van der Waals surface area contributed by atoms with Crippen LogP contribution in [0.5, 0.6) is 0 Å². The predicted molar refractivity (Wildman–Crippen MR) is 241 cm³/mol. The number of rotatable bonds is 43. The number of hydrogen-bond acceptors (Lipinski definition) is 12. The summed E-state index contributed by atoms with van der Waals surface area (Å²) in [6, 6.07) is 0. The van der Waals surface area contributed by atoms with E-state index in [2.05, 4.69) is 0 Å². The van der Waals surface area contributed by atoms with Gasteiger partial charge in [0.25, 0.3) is 0 Å². The van der Waals surface area contributed by atoms with Gasteiger partial charge in [-0.05, 0) is 38.5 Å². The Morgan fingerprint density at radius 3 is 0.766 bits per heavy atom. The van der Waals surface area contributed by atoms with Crippen molar-refractivity contribution in [2.75, 3.05) is 94.0 Å². The van der Waals surface area contributed by atoms with Gasteiger partial charge in [-0.2, -0.15) is 0 Å². The average molecular weight is 958 g/mol. The number of esters is 6. The Hall–Kier alpha value is -2.68. The molecule has 14 nitrogen and oxygen atoms in total. The van der Waals surface area contributed by atoms with Crippen molar-refractivity contribution in [3.8, 4) is 0 Å². The Labute approximate surface area is 400 Å². The molecule has 0 aliphatic heterocycles. The van der Waals surface area contributed by atoms with E-state index in [9.17, 15) is 28.8 Å². The van der Waals surface area contributed by atoms with Crippen LogP contribution in [0.1, 0.15) is 181 Å². The van der Waals surface area contributed by atoms with Gasteiger partial charge >= 0.3 is 35.8 Å². The second kappa shape index (κ2) is 44.2. The second-order valence-electron chi connectivity index (χ2n) is 18.2. The molecule has 0 bridgehead atoms. The number of likely N-dealkylation sites (N-methyl/N-ethyl adjacent to an activating group) is 2. The first-order chi connectivity index (χ1) is 29.6. The van der Waals surface area contributed by atoms with Crippen molar-refractivity contribution in [2.45, 2.75) is 181 Å². The Morgan fingerprint density at radius 2 is 0.516 bits per heavy atom. The Morgan fingerprint density at radius 1 is 0.297 bits per heavy atom. The third kappa shape index (κ3) is 48.8. The number of quaternary nitrogens is 2. The molecule has 0 heterocycles. The number of unbranched alkanes of at least 4 members (excludes halogenated alkanes) is 21. The second-order valence-corrected chi connectivity index (χ2v) is 18.2. The number of nitrogens with zero attached hydrogens (tertiary/aromatic N) is 2. The van der Waals surface area contributed by atoms with Crippen molar-refractivity contribution in [1.29, 1.82) is 0 Å². The fourth-order valence-electron chi connectivity index (χ4n) is 6.84. The summed E-state index contributed by atoms with van der Waals surface area (Å²) in [5.74, 6) is -1.25. The smallest absolute Gasteiger partial charge is 0.361 e. The van der Waals surface area contributed by atoms with Crippen LogP contribution in [0.25, 0.3) is 0 Å². The lowest BCUT2D eigenvalue weighted by atomic mass is 10.1. The van der Waals surface area contributed by atoms with E-state index in [1.54, 1.807) is 0 Å². The van der Waals surface area contributed by atoms with E-state index in [4.69, 9.17) is 28.4 Å². The molecule has 0 atom stereocenters. The molecule has 0 aromatic heterocycles. The molecule has 0 saturated heterocycles. The molecule has 0 aliphatic rings. The van der Waals surface area contributed by atoms with Crippen LogP contribution in [0.3, 0.4) is 0 Å². The van der Waals surface area contributed by atoms with Gasteiger partial charge in [0.15, 0.2) is 13.1 Å². The molecule has 16 heteroatoms. The summed E-state index contributed by atoms with van der Waals surface area (Å²) < 4.78 is 32.3. The van der Waals surface area contributed by atoms with Gasteiger partial charge in [-0.3, -0.25) is 19.2 Å². The summed E-state index contributed by atoms with van der Waals surface area (Å²) in [6.07, 6.45) is 26.3. The van der Waals surface area contributed by atoms with E-state index in [-0.39, 0.29) is 86.9 Å². The summed E-state index contributed by atoms with van der Waals surface area (Å²) in [6.45, 7) is 6.86. The lowest BCUT2D eigenvalue weighted by Crippen LogP contribution is -3.00. The van der Waals surface area contributed by atoms with Gasteiger partial charge in [-0.1, -0.05) is 116 Å². The van der Waals surface area contributed by atoms with Crippen LogP contribution in [0.4, 0.5) is 0 Å². The van der Waals surface area contributed by atoms with Crippen molar-refractivity contribution in [1.82, 2.24) is 0 Å². The number of halogens is 2. The van der Waals surface area contributed by atoms with E-state index >= 15 is 0 Å². The van der Waals surface area contributed by atoms with Gasteiger partial charge < -0.3 is 62.2 Å². The summed E-state index contributed by atoms with van der Waals surface area (Å²) in [5.41, 5.74) is 0. The Balaban J connectivity index is -0.0000186. The standard InChI is InChI=1S/C48H90N2O12.2ClH/c1-43(51)57-39-33-49(3,4)41-47(55)61-37-29-23-15-9-7-13-19-25-31-45(53)59-35-27-21-17-11-12-18-22-28-36-60-46(54)32-26-20-14-8-10-16-24-30-38-62-48(56)42-50(5,6)34-40-58-44(2)52;;/h7-42H2,1-6H3;2*1H/q+2;;/p-2. The van der Waals surface area contributed by atoms with E-state index in [0.29, 0.717) is 61.3 Å². The van der Waals surface area contributed by atoms with E-state index < -0.39 is 0 Å². The van der Waals surface area contributed by atoms with Gasteiger partial charge in [-0.25, -0.2) is 9.59 Å². The van der Waals surface area contributed by atoms with Crippen LogP contribution in [0.2, 0.25) is 0 Å². The molecule has 0 spiro atoms. The first-order valence-corrected chi connectivity index (χ1v) is 24.1. The average Bonchev–Trinajstić information content (AvgIpc) is 3.18. The van der Waals surface area contributed by atoms with Crippen LogP contribution in [0.15, 0.2) is 0 Å². The molecule has 0 aromatic rings. The SMILES string of the molecule is CC(=O)OCC[N+](C)(C)CC(=O)OCCCCCCCCCCC(=O)OCCCCCCCCCCOC(=O)CCCCCCCCCCOC(=O)C[N+](C)(C)CCOC(C)=O.[Cl-].[Cl-]. The molecule has 0 rings (SSSR count). The van der Waals surface area contributed by atoms with Gasteiger partial charge in [0.05, 0.1) is 54.6 Å². The van der Waals surface area contributed by atoms with E-state index in [0.717, 1.165) is 141 Å². The minimum absolute atomic E-state index is 0. The largest absolute Gasteiger partial charge is 1.00 e. The minimum atomic E-state index is -0.315. The first kappa shape index (κ1) is 65.6. The first-order valence-electron chi connectivity index (χ1n) is 24.1. The molecule has 0 unspecified atom stereocenters. The zero-order chi connectivity index (χ0) is 46.2. The monoisotopic (exact) mass is 957 g/mol. The quantitative estimate of drug-likeness (QED) is 0.0382. The Bertz CT molecular complexity index is 1120. The van der Waals surface area contributed by atoms with E-state index in [1.807, 2.05) is 28.2 Å². The Kier molecular flexibility index (Phi) is 45.3. The van der Waals surface area contributed by atoms with Crippen molar-refractivity contribution in [3.63, 3.8) is 0 Å². The molecule has 0 saturated carbocycles. The van der Waals surface area contributed by atoms with Crippen molar-refractivity contribution < 1.29 is 91.0 Å². The van der Waals surface area contributed by atoms with Gasteiger partial charge in [0.2, 0.25) is 0 Å². The van der Waals surface area contributed by atoms with Crippen LogP contribution in [-0.2, 0) is 57.2 Å². The maximum atomic E-state index is 12.1. The third-order valence-electron chi connectivity index (χ3n) is 10.8. The highest BCUT2D eigenvalue weighted by molar-refractivity contribution is 5.71. The molecule has 378 valence electrons.